The minimum atomic E-state index is -4.09. The molecule has 0 bridgehead atoms. The average molecular weight is 576 g/mol. The predicted molar refractivity (Wildman–Crippen MR) is 143 cm³/mol. The maximum absolute atomic E-state index is 13.9. The van der Waals surface area contributed by atoms with E-state index in [2.05, 4.69) is 5.32 Å². The third-order valence-corrected chi connectivity index (χ3v) is 8.47. The van der Waals surface area contributed by atoms with E-state index in [1.165, 1.54) is 54.2 Å². The van der Waals surface area contributed by atoms with Crippen LogP contribution in [0.25, 0.3) is 0 Å². The number of benzene rings is 3. The quantitative estimate of drug-likeness (QED) is 0.287. The van der Waals surface area contributed by atoms with Crippen LogP contribution in [0.2, 0.25) is 15.1 Å². The van der Waals surface area contributed by atoms with Gasteiger partial charge in [-0.25, -0.2) is 12.8 Å². The van der Waals surface area contributed by atoms with E-state index in [9.17, 15) is 17.6 Å². The Bertz CT molecular complexity index is 1270. The molecule has 35 heavy (non-hydrogen) atoms. The van der Waals surface area contributed by atoms with Gasteiger partial charge in [-0.1, -0.05) is 58.6 Å². The second-order valence-corrected chi connectivity index (χ2v) is 11.8. The molecule has 3 aromatic rings. The Labute approximate surface area is 223 Å². The van der Waals surface area contributed by atoms with Crippen LogP contribution in [0.15, 0.2) is 65.6 Å². The summed E-state index contributed by atoms with van der Waals surface area (Å²) < 4.78 is 41.7. The van der Waals surface area contributed by atoms with Crippen LogP contribution < -0.4 is 9.62 Å². The summed E-state index contributed by atoms with van der Waals surface area (Å²) in [6.07, 6.45) is 0. The number of sulfonamides is 1. The maximum Gasteiger partial charge on any atom is 0.264 e. The topological polar surface area (TPSA) is 66.5 Å². The zero-order chi connectivity index (χ0) is 25.6. The molecule has 0 unspecified atom stereocenters. The molecule has 0 aliphatic carbocycles. The fraction of sp³-hybridized carbons (Fsp3) is 0.208. The number of thioether (sulfide) groups is 1. The smallest absolute Gasteiger partial charge is 0.264 e. The van der Waals surface area contributed by atoms with E-state index in [-0.39, 0.29) is 33.0 Å². The molecule has 1 amide bonds. The van der Waals surface area contributed by atoms with E-state index in [0.717, 1.165) is 9.87 Å². The van der Waals surface area contributed by atoms with E-state index in [1.54, 1.807) is 18.2 Å². The number of carbonyl (C=O) groups excluding carboxylic acids is 1. The lowest BCUT2D eigenvalue weighted by Crippen LogP contribution is -2.41. The molecule has 0 saturated carbocycles. The zero-order valence-electron chi connectivity index (χ0n) is 18.6. The minimum absolute atomic E-state index is 0.0318. The number of nitrogens with zero attached hydrogens (tertiary/aromatic N) is 1. The standard InChI is InChI=1S/C24H22Cl3FN2O3S2/c1-16-5-7-20(8-6-16)35(32,33)30(19-12-17(25)11-18(26)13-19)14-24(31)29-9-10-34-15-21-22(27)3-2-4-23(21)28/h2-8,11-13H,9-10,14-15H2,1H3,(H,29,31). The summed E-state index contributed by atoms with van der Waals surface area (Å²) in [7, 11) is -4.09. The largest absolute Gasteiger partial charge is 0.354 e. The number of halogens is 4. The van der Waals surface area contributed by atoms with E-state index < -0.39 is 22.5 Å². The molecule has 11 heteroatoms. The van der Waals surface area contributed by atoms with Crippen molar-refractivity contribution in [2.45, 2.75) is 17.6 Å². The molecule has 0 fully saturated rings. The summed E-state index contributed by atoms with van der Waals surface area (Å²) in [5, 5.41) is 3.52. The van der Waals surface area contributed by atoms with E-state index in [0.29, 0.717) is 22.1 Å². The first kappa shape index (κ1) is 27.6. The molecule has 5 nitrogen and oxygen atoms in total. The molecule has 0 atom stereocenters. The highest BCUT2D eigenvalue weighted by Gasteiger charge is 2.27. The van der Waals surface area contributed by atoms with Crippen molar-refractivity contribution in [3.8, 4) is 0 Å². The second kappa shape index (κ2) is 12.3. The number of amides is 1. The van der Waals surface area contributed by atoms with Crippen molar-refractivity contribution < 1.29 is 17.6 Å². The van der Waals surface area contributed by atoms with E-state index >= 15 is 0 Å². The highest BCUT2D eigenvalue weighted by Crippen LogP contribution is 2.30. The van der Waals surface area contributed by atoms with Crippen LogP contribution in [0.3, 0.4) is 0 Å². The van der Waals surface area contributed by atoms with Crippen LogP contribution >= 0.6 is 46.6 Å². The summed E-state index contributed by atoms with van der Waals surface area (Å²) in [5.41, 5.74) is 1.47. The molecule has 1 N–H and O–H groups in total. The van der Waals surface area contributed by atoms with Gasteiger partial charge in [0.05, 0.1) is 10.6 Å². The lowest BCUT2D eigenvalue weighted by atomic mass is 10.2. The second-order valence-electron chi connectivity index (χ2n) is 7.56. The zero-order valence-corrected chi connectivity index (χ0v) is 22.5. The van der Waals surface area contributed by atoms with Crippen LogP contribution in [-0.4, -0.2) is 33.2 Å². The van der Waals surface area contributed by atoms with Crippen molar-refractivity contribution in [3.63, 3.8) is 0 Å². The van der Waals surface area contributed by atoms with Crippen LogP contribution in [0.5, 0.6) is 0 Å². The third kappa shape index (κ3) is 7.51. The first-order valence-corrected chi connectivity index (χ1v) is 14.1. The van der Waals surface area contributed by atoms with Gasteiger partial charge in [0, 0.05) is 38.7 Å². The van der Waals surface area contributed by atoms with Crippen molar-refractivity contribution in [2.24, 2.45) is 0 Å². The van der Waals surface area contributed by atoms with Crippen molar-refractivity contribution in [2.75, 3.05) is 23.1 Å². The van der Waals surface area contributed by atoms with Gasteiger partial charge < -0.3 is 5.32 Å². The van der Waals surface area contributed by atoms with Crippen LogP contribution in [0.1, 0.15) is 11.1 Å². The summed E-state index contributed by atoms with van der Waals surface area (Å²) in [6.45, 7) is 1.62. The Morgan fingerprint density at radius 1 is 1.03 bits per heavy atom. The summed E-state index contributed by atoms with van der Waals surface area (Å²) in [6, 6.07) is 15.1. The fourth-order valence-corrected chi connectivity index (χ4v) is 6.25. The summed E-state index contributed by atoms with van der Waals surface area (Å²) in [5.74, 6) is -0.0760. The molecule has 0 heterocycles. The first-order chi connectivity index (χ1) is 16.6. The Balaban J connectivity index is 1.69. The number of anilines is 1. The number of carbonyl (C=O) groups is 1. The maximum atomic E-state index is 13.9. The SMILES string of the molecule is Cc1ccc(S(=O)(=O)N(CC(=O)NCCSCc2c(F)cccc2Cl)c2cc(Cl)cc(Cl)c2)cc1. The van der Waals surface area contributed by atoms with Gasteiger partial charge in [-0.3, -0.25) is 9.10 Å². The van der Waals surface area contributed by atoms with Crippen molar-refractivity contribution in [3.05, 3.63) is 92.7 Å². The minimum Gasteiger partial charge on any atom is -0.354 e. The van der Waals surface area contributed by atoms with Crippen molar-refractivity contribution in [1.29, 1.82) is 0 Å². The van der Waals surface area contributed by atoms with E-state index in [1.807, 2.05) is 6.92 Å². The molecular weight excluding hydrogens is 554 g/mol. The van der Waals surface area contributed by atoms with Crippen LogP contribution in [-0.2, 0) is 20.6 Å². The van der Waals surface area contributed by atoms with Crippen molar-refractivity contribution in [1.82, 2.24) is 5.32 Å². The molecule has 3 aromatic carbocycles. The summed E-state index contributed by atoms with van der Waals surface area (Å²) >= 11 is 19.6. The molecule has 0 aromatic heterocycles. The molecule has 0 saturated heterocycles. The lowest BCUT2D eigenvalue weighted by Gasteiger charge is -2.24. The van der Waals surface area contributed by atoms with Gasteiger partial charge in [0.1, 0.15) is 12.4 Å². The molecule has 3 rings (SSSR count). The molecule has 0 aliphatic heterocycles. The average Bonchev–Trinajstić information content (AvgIpc) is 2.78. The van der Waals surface area contributed by atoms with Gasteiger partial charge >= 0.3 is 0 Å². The number of rotatable bonds is 10. The molecular formula is C24H22Cl3FN2O3S2. The Morgan fingerprint density at radius 3 is 2.31 bits per heavy atom. The Hall–Kier alpha value is -1.97. The first-order valence-electron chi connectivity index (χ1n) is 10.4. The number of aryl methyl sites for hydroxylation is 1. The van der Waals surface area contributed by atoms with Gasteiger partial charge in [-0.2, -0.15) is 11.8 Å². The van der Waals surface area contributed by atoms with Gasteiger partial charge in [-0.15, -0.1) is 0 Å². The van der Waals surface area contributed by atoms with Gasteiger partial charge in [0.2, 0.25) is 5.91 Å². The van der Waals surface area contributed by atoms with Gasteiger partial charge in [0.25, 0.3) is 10.0 Å². The van der Waals surface area contributed by atoms with Crippen LogP contribution in [0, 0.1) is 12.7 Å². The highest BCUT2D eigenvalue weighted by atomic mass is 35.5. The normalized spacial score (nSPS) is 11.3. The summed E-state index contributed by atoms with van der Waals surface area (Å²) in [4.78, 5) is 12.7. The number of hydrogen-bond donors (Lipinski definition) is 1. The fourth-order valence-electron chi connectivity index (χ4n) is 3.13. The molecule has 186 valence electrons. The highest BCUT2D eigenvalue weighted by molar-refractivity contribution is 7.98. The molecule has 0 radical (unpaired) electrons. The molecule has 0 aliphatic rings. The van der Waals surface area contributed by atoms with Gasteiger partial charge in [-0.05, 0) is 49.4 Å². The third-order valence-electron chi connectivity index (χ3n) is 4.91. The lowest BCUT2D eigenvalue weighted by molar-refractivity contribution is -0.119. The Morgan fingerprint density at radius 2 is 1.69 bits per heavy atom. The van der Waals surface area contributed by atoms with Crippen LogP contribution in [0.4, 0.5) is 10.1 Å². The number of hydrogen-bond acceptors (Lipinski definition) is 4. The van der Waals surface area contributed by atoms with Crippen molar-refractivity contribution >= 4 is 68.2 Å². The molecule has 0 spiro atoms. The predicted octanol–water partition coefficient (Wildman–Crippen LogP) is 6.34. The van der Waals surface area contributed by atoms with E-state index in [4.69, 9.17) is 34.8 Å². The number of nitrogens with one attached hydrogen (secondary N) is 1. The Kier molecular flexibility index (Phi) is 9.72. The van der Waals surface area contributed by atoms with Gasteiger partial charge in [0.15, 0.2) is 0 Å². The monoisotopic (exact) mass is 574 g/mol.